The van der Waals surface area contributed by atoms with E-state index in [1.165, 1.54) is 6.20 Å². The lowest BCUT2D eigenvalue weighted by molar-refractivity contribution is 0.308. The third-order valence-electron chi connectivity index (χ3n) is 2.90. The lowest BCUT2D eigenvalue weighted by Crippen LogP contribution is -1.98. The molecular weight excluding hydrogens is 318 g/mol. The van der Waals surface area contributed by atoms with Gasteiger partial charge >= 0.3 is 0 Å². The van der Waals surface area contributed by atoms with Crippen molar-refractivity contribution in [3.8, 4) is 11.8 Å². The summed E-state index contributed by atoms with van der Waals surface area (Å²) in [4.78, 5) is 0. The van der Waals surface area contributed by atoms with Crippen molar-refractivity contribution in [3.05, 3.63) is 64.4 Å². The summed E-state index contributed by atoms with van der Waals surface area (Å²) >= 11 is 3.42. The van der Waals surface area contributed by atoms with Gasteiger partial charge in [-0.2, -0.15) is 10.4 Å². The fourth-order valence-electron chi connectivity index (χ4n) is 1.98. The Labute approximate surface area is 124 Å². The van der Waals surface area contributed by atoms with E-state index in [2.05, 4.69) is 27.1 Å². The molecule has 2 aromatic heterocycles. The summed E-state index contributed by atoms with van der Waals surface area (Å²) in [5.41, 5.74) is 2.26. The van der Waals surface area contributed by atoms with E-state index in [1.807, 2.05) is 36.4 Å². The van der Waals surface area contributed by atoms with Crippen LogP contribution in [0.25, 0.3) is 5.52 Å². The summed E-state index contributed by atoms with van der Waals surface area (Å²) in [6.45, 7) is 0.447. The molecule has 0 radical (unpaired) electrons. The van der Waals surface area contributed by atoms with Gasteiger partial charge in [0.2, 0.25) is 0 Å². The molecule has 20 heavy (non-hydrogen) atoms. The second-order valence-electron chi connectivity index (χ2n) is 4.26. The quantitative estimate of drug-likeness (QED) is 0.739. The highest BCUT2D eigenvalue weighted by molar-refractivity contribution is 9.10. The first-order chi connectivity index (χ1) is 9.78. The maximum Gasteiger partial charge on any atom is 0.148 e. The fraction of sp³-hybridized carbons (Fsp3) is 0.0667. The van der Waals surface area contributed by atoms with Crippen LogP contribution in [0.2, 0.25) is 0 Å². The molecule has 0 unspecified atom stereocenters. The third kappa shape index (κ3) is 2.38. The van der Waals surface area contributed by atoms with Gasteiger partial charge in [-0.3, -0.25) is 0 Å². The maximum absolute atomic E-state index is 9.13. The number of aromatic nitrogens is 2. The van der Waals surface area contributed by atoms with Gasteiger partial charge in [-0.05, 0) is 27.6 Å². The minimum Gasteiger partial charge on any atom is -0.487 e. The van der Waals surface area contributed by atoms with Gasteiger partial charge in [-0.1, -0.05) is 30.3 Å². The van der Waals surface area contributed by atoms with Crippen molar-refractivity contribution in [1.82, 2.24) is 9.61 Å². The van der Waals surface area contributed by atoms with Crippen molar-refractivity contribution >= 4 is 21.4 Å². The Balaban J connectivity index is 1.98. The number of hydrogen-bond acceptors (Lipinski definition) is 3. The van der Waals surface area contributed by atoms with Crippen molar-refractivity contribution in [3.63, 3.8) is 0 Å². The predicted octanol–water partition coefficient (Wildman–Crippen LogP) is 3.55. The van der Waals surface area contributed by atoms with E-state index in [1.54, 1.807) is 10.7 Å². The zero-order chi connectivity index (χ0) is 13.9. The highest BCUT2D eigenvalue weighted by atomic mass is 79.9. The van der Waals surface area contributed by atoms with Crippen LogP contribution >= 0.6 is 15.9 Å². The van der Waals surface area contributed by atoms with Crippen molar-refractivity contribution < 1.29 is 4.74 Å². The topological polar surface area (TPSA) is 50.3 Å². The number of hydrogen-bond donors (Lipinski definition) is 0. The van der Waals surface area contributed by atoms with Crippen LogP contribution < -0.4 is 4.74 Å². The van der Waals surface area contributed by atoms with Crippen LogP contribution in [0.3, 0.4) is 0 Å². The monoisotopic (exact) mass is 327 g/mol. The first kappa shape index (κ1) is 12.7. The molecule has 0 fully saturated rings. The molecule has 0 amide bonds. The molecule has 0 saturated heterocycles. The molecule has 1 aromatic carbocycles. The van der Waals surface area contributed by atoms with Crippen LogP contribution in [-0.4, -0.2) is 9.61 Å². The Kier molecular flexibility index (Phi) is 3.40. The lowest BCUT2D eigenvalue weighted by atomic mass is 10.2. The summed E-state index contributed by atoms with van der Waals surface area (Å²) in [6, 6.07) is 13.9. The maximum atomic E-state index is 9.13. The average Bonchev–Trinajstić information content (AvgIpc) is 2.88. The van der Waals surface area contributed by atoms with Gasteiger partial charge in [0.05, 0.1) is 6.20 Å². The number of rotatable bonds is 3. The van der Waals surface area contributed by atoms with Gasteiger partial charge in [0.25, 0.3) is 0 Å². The highest BCUT2D eigenvalue weighted by Gasteiger charge is 2.11. The van der Waals surface area contributed by atoms with Crippen molar-refractivity contribution in [2.45, 2.75) is 6.61 Å². The third-order valence-corrected chi connectivity index (χ3v) is 3.33. The first-order valence-electron chi connectivity index (χ1n) is 6.01. The predicted molar refractivity (Wildman–Crippen MR) is 78.4 cm³/mol. The molecule has 0 N–H and O–H groups in total. The summed E-state index contributed by atoms with van der Waals surface area (Å²) in [5, 5.41) is 13.3. The Morgan fingerprint density at radius 1 is 1.30 bits per heavy atom. The fourth-order valence-corrected chi connectivity index (χ4v) is 2.38. The number of fused-ring (bicyclic) bond motifs is 1. The zero-order valence-corrected chi connectivity index (χ0v) is 12.0. The molecule has 0 saturated carbocycles. The SMILES string of the molecule is N#Cc1cnn2cc(Br)cc(OCc3ccccc3)c12. The summed E-state index contributed by atoms with van der Waals surface area (Å²) < 4.78 is 8.33. The number of ether oxygens (including phenoxy) is 1. The van der Waals surface area contributed by atoms with E-state index in [9.17, 15) is 0 Å². The molecule has 3 rings (SSSR count). The van der Waals surface area contributed by atoms with Gasteiger partial charge < -0.3 is 4.74 Å². The molecule has 98 valence electrons. The molecule has 0 atom stereocenters. The van der Waals surface area contributed by atoms with Gasteiger partial charge in [0, 0.05) is 10.7 Å². The molecule has 0 aliphatic carbocycles. The minimum atomic E-state index is 0.447. The average molecular weight is 328 g/mol. The van der Waals surface area contributed by atoms with Crippen LogP contribution in [0.5, 0.6) is 5.75 Å². The van der Waals surface area contributed by atoms with Crippen LogP contribution in [0.4, 0.5) is 0 Å². The Hall–Kier alpha value is -2.32. The number of nitriles is 1. The number of pyridine rings is 1. The van der Waals surface area contributed by atoms with Gasteiger partial charge in [-0.15, -0.1) is 0 Å². The van der Waals surface area contributed by atoms with E-state index in [0.29, 0.717) is 23.4 Å². The van der Waals surface area contributed by atoms with Crippen LogP contribution in [0.15, 0.2) is 53.3 Å². The van der Waals surface area contributed by atoms with E-state index in [-0.39, 0.29) is 0 Å². The normalized spacial score (nSPS) is 10.4. The van der Waals surface area contributed by atoms with Gasteiger partial charge in [-0.25, -0.2) is 4.52 Å². The van der Waals surface area contributed by atoms with Crippen LogP contribution in [0.1, 0.15) is 11.1 Å². The minimum absolute atomic E-state index is 0.447. The first-order valence-corrected chi connectivity index (χ1v) is 6.81. The number of nitrogens with zero attached hydrogens (tertiary/aromatic N) is 3. The van der Waals surface area contributed by atoms with Crippen LogP contribution in [-0.2, 0) is 6.61 Å². The van der Waals surface area contributed by atoms with Gasteiger partial charge in [0.15, 0.2) is 0 Å². The molecule has 5 heteroatoms. The second-order valence-corrected chi connectivity index (χ2v) is 5.18. The molecule has 4 nitrogen and oxygen atoms in total. The lowest BCUT2D eigenvalue weighted by Gasteiger charge is -2.09. The van der Waals surface area contributed by atoms with Gasteiger partial charge in [0.1, 0.15) is 29.5 Å². The van der Waals surface area contributed by atoms with Crippen LogP contribution in [0, 0.1) is 11.3 Å². The zero-order valence-electron chi connectivity index (χ0n) is 10.5. The Morgan fingerprint density at radius 3 is 2.85 bits per heavy atom. The molecule has 0 spiro atoms. The Morgan fingerprint density at radius 2 is 2.10 bits per heavy atom. The molecule has 3 aromatic rings. The van der Waals surface area contributed by atoms with E-state index < -0.39 is 0 Å². The summed E-state index contributed by atoms with van der Waals surface area (Å²) in [5.74, 6) is 0.636. The largest absolute Gasteiger partial charge is 0.487 e. The summed E-state index contributed by atoms with van der Waals surface area (Å²) in [7, 11) is 0. The number of halogens is 1. The standard InChI is InChI=1S/C15H10BrN3O/c16-13-6-14(20-10-11-4-2-1-3-5-11)15-12(7-17)8-18-19(15)9-13/h1-6,8-9H,10H2. The number of benzene rings is 1. The molecule has 0 aliphatic heterocycles. The smallest absolute Gasteiger partial charge is 0.148 e. The van der Waals surface area contributed by atoms with E-state index in [4.69, 9.17) is 10.00 Å². The highest BCUT2D eigenvalue weighted by Crippen LogP contribution is 2.27. The van der Waals surface area contributed by atoms with E-state index in [0.717, 1.165) is 10.0 Å². The molecular formula is C15H10BrN3O. The van der Waals surface area contributed by atoms with Crippen molar-refractivity contribution in [2.24, 2.45) is 0 Å². The van der Waals surface area contributed by atoms with Crippen molar-refractivity contribution in [1.29, 1.82) is 5.26 Å². The molecule has 0 aliphatic rings. The second kappa shape index (κ2) is 5.35. The molecule has 0 bridgehead atoms. The van der Waals surface area contributed by atoms with Crippen molar-refractivity contribution in [2.75, 3.05) is 0 Å². The Bertz CT molecular complexity index is 790. The summed E-state index contributed by atoms with van der Waals surface area (Å²) in [6.07, 6.45) is 3.34. The molecule has 2 heterocycles. The van der Waals surface area contributed by atoms with E-state index >= 15 is 0 Å².